The highest BCUT2D eigenvalue weighted by Gasteiger charge is 2.40. The molecule has 4 rings (SSSR count). The second-order valence-electron chi connectivity index (χ2n) is 7.09. The normalized spacial score (nSPS) is 17.8. The molecule has 0 spiro atoms. The largest absolute Gasteiger partial charge is 0.507 e. The molecule has 27 heavy (non-hydrogen) atoms. The van der Waals surface area contributed by atoms with Gasteiger partial charge in [0.1, 0.15) is 17.3 Å². The van der Waals surface area contributed by atoms with E-state index in [1.165, 1.54) is 13.0 Å². The number of fused-ring (bicyclic) bond motifs is 3. The van der Waals surface area contributed by atoms with Crippen LogP contribution in [0.4, 0.5) is 5.69 Å². The Kier molecular flexibility index (Phi) is 3.80. The number of benzene rings is 2. The summed E-state index contributed by atoms with van der Waals surface area (Å²) < 4.78 is 0. The van der Waals surface area contributed by atoms with Crippen molar-refractivity contribution >= 4 is 23.0 Å². The maximum absolute atomic E-state index is 13.1. The first-order valence-corrected chi connectivity index (χ1v) is 8.87. The Bertz CT molecular complexity index is 1040. The zero-order chi connectivity index (χ0) is 19.5. The molecule has 1 atom stereocenters. The van der Waals surface area contributed by atoms with Gasteiger partial charge < -0.3 is 15.5 Å². The van der Waals surface area contributed by atoms with E-state index in [1.54, 1.807) is 19.2 Å². The number of aromatic hydroxyl groups is 2. The lowest BCUT2D eigenvalue weighted by Crippen LogP contribution is -2.26. The standard InChI is InChI=1S/C21H19NO5/c1-9(23)10-6-7-11-13(8-10)20(26)16-17(18(11)24)21(27)15-12(19(16)25)4-3-5-14(15)22-2/h3-5,10,22,24,26H,6-8H2,1-2H3/t10-/m0/s1. The van der Waals surface area contributed by atoms with Crippen LogP contribution in [0.3, 0.4) is 0 Å². The summed E-state index contributed by atoms with van der Waals surface area (Å²) in [5.74, 6) is -1.80. The fourth-order valence-electron chi connectivity index (χ4n) is 4.22. The quantitative estimate of drug-likeness (QED) is 0.603. The molecule has 0 aliphatic heterocycles. The van der Waals surface area contributed by atoms with E-state index in [2.05, 4.69) is 5.32 Å². The van der Waals surface area contributed by atoms with Crippen LogP contribution in [0.2, 0.25) is 0 Å². The van der Waals surface area contributed by atoms with Crippen molar-refractivity contribution in [1.82, 2.24) is 0 Å². The summed E-state index contributed by atoms with van der Waals surface area (Å²) in [7, 11) is 1.65. The number of hydrogen-bond donors (Lipinski definition) is 3. The van der Waals surface area contributed by atoms with E-state index in [4.69, 9.17) is 0 Å². The summed E-state index contributed by atoms with van der Waals surface area (Å²) in [6.45, 7) is 1.50. The van der Waals surface area contributed by atoms with Gasteiger partial charge in [-0.2, -0.15) is 0 Å². The first-order valence-electron chi connectivity index (χ1n) is 8.87. The van der Waals surface area contributed by atoms with E-state index in [0.717, 1.165) is 0 Å². The third-order valence-electron chi connectivity index (χ3n) is 5.69. The van der Waals surface area contributed by atoms with Crippen molar-refractivity contribution in [2.45, 2.75) is 26.2 Å². The first-order chi connectivity index (χ1) is 12.9. The smallest absolute Gasteiger partial charge is 0.200 e. The molecule has 0 amide bonds. The molecule has 2 aliphatic rings. The number of carbonyl (C=O) groups is 3. The predicted octanol–water partition coefficient (Wildman–Crippen LogP) is 2.61. The van der Waals surface area contributed by atoms with E-state index in [9.17, 15) is 24.6 Å². The van der Waals surface area contributed by atoms with E-state index in [1.807, 2.05) is 0 Å². The van der Waals surface area contributed by atoms with Crippen LogP contribution in [0.15, 0.2) is 18.2 Å². The summed E-state index contributed by atoms with van der Waals surface area (Å²) in [4.78, 5) is 38.0. The number of phenols is 2. The van der Waals surface area contributed by atoms with E-state index in [-0.39, 0.29) is 51.9 Å². The zero-order valence-corrected chi connectivity index (χ0v) is 15.0. The van der Waals surface area contributed by atoms with Crippen molar-refractivity contribution < 1.29 is 24.6 Å². The van der Waals surface area contributed by atoms with Crippen molar-refractivity contribution in [2.75, 3.05) is 12.4 Å². The minimum absolute atomic E-state index is 0.00340. The van der Waals surface area contributed by atoms with Crippen LogP contribution < -0.4 is 5.32 Å². The van der Waals surface area contributed by atoms with Crippen molar-refractivity contribution in [2.24, 2.45) is 5.92 Å². The Morgan fingerprint density at radius 2 is 1.70 bits per heavy atom. The molecule has 2 aromatic rings. The van der Waals surface area contributed by atoms with Gasteiger partial charge in [0.2, 0.25) is 0 Å². The lowest BCUT2D eigenvalue weighted by Gasteiger charge is -2.29. The molecule has 138 valence electrons. The van der Waals surface area contributed by atoms with Gasteiger partial charge in [-0.3, -0.25) is 14.4 Å². The van der Waals surface area contributed by atoms with Gasteiger partial charge in [-0.05, 0) is 32.3 Å². The van der Waals surface area contributed by atoms with Crippen LogP contribution in [0.1, 0.15) is 56.3 Å². The zero-order valence-electron chi connectivity index (χ0n) is 15.0. The molecule has 6 nitrogen and oxygen atoms in total. The number of carbonyl (C=O) groups excluding carboxylic acids is 3. The summed E-state index contributed by atoms with van der Waals surface area (Å²) in [6, 6.07) is 4.87. The molecule has 0 radical (unpaired) electrons. The Labute approximate surface area is 155 Å². The maximum atomic E-state index is 13.1. The van der Waals surface area contributed by atoms with E-state index in [0.29, 0.717) is 29.7 Å². The van der Waals surface area contributed by atoms with Gasteiger partial charge in [-0.25, -0.2) is 0 Å². The molecule has 0 saturated heterocycles. The Hall–Kier alpha value is -3.15. The Balaban J connectivity index is 1.99. The summed E-state index contributed by atoms with van der Waals surface area (Å²) in [5.41, 5.74) is 1.42. The fourth-order valence-corrected chi connectivity index (χ4v) is 4.22. The van der Waals surface area contributed by atoms with Crippen LogP contribution in [-0.2, 0) is 17.6 Å². The monoisotopic (exact) mass is 365 g/mol. The SMILES string of the molecule is CNc1cccc2c1C(=O)c1c(O)c3c(c(O)c1C2=O)C[C@@H](C(C)=O)CC3. The molecule has 0 aromatic heterocycles. The molecular formula is C21H19NO5. The summed E-state index contributed by atoms with van der Waals surface area (Å²) in [5, 5.41) is 24.5. The van der Waals surface area contributed by atoms with E-state index >= 15 is 0 Å². The van der Waals surface area contributed by atoms with Crippen LogP contribution in [0, 0.1) is 5.92 Å². The average molecular weight is 365 g/mol. The highest BCUT2D eigenvalue weighted by atomic mass is 16.3. The summed E-state index contributed by atoms with van der Waals surface area (Å²) in [6.07, 6.45) is 1.16. The summed E-state index contributed by atoms with van der Waals surface area (Å²) >= 11 is 0. The predicted molar refractivity (Wildman–Crippen MR) is 98.8 cm³/mol. The topological polar surface area (TPSA) is 104 Å². The van der Waals surface area contributed by atoms with Crippen LogP contribution in [-0.4, -0.2) is 34.6 Å². The molecular weight excluding hydrogens is 346 g/mol. The van der Waals surface area contributed by atoms with Gasteiger partial charge >= 0.3 is 0 Å². The van der Waals surface area contributed by atoms with Crippen molar-refractivity contribution in [1.29, 1.82) is 0 Å². The number of Topliss-reactive ketones (excluding diaryl/α,β-unsaturated/α-hetero) is 1. The molecule has 0 bridgehead atoms. The van der Waals surface area contributed by atoms with Crippen LogP contribution in [0.25, 0.3) is 0 Å². The Morgan fingerprint density at radius 1 is 1.04 bits per heavy atom. The van der Waals surface area contributed by atoms with Crippen LogP contribution >= 0.6 is 0 Å². The number of rotatable bonds is 2. The third-order valence-corrected chi connectivity index (χ3v) is 5.69. The van der Waals surface area contributed by atoms with Crippen molar-refractivity contribution in [3.8, 4) is 11.5 Å². The Morgan fingerprint density at radius 3 is 2.37 bits per heavy atom. The first kappa shape index (κ1) is 17.3. The molecule has 2 aromatic carbocycles. The van der Waals surface area contributed by atoms with E-state index < -0.39 is 11.6 Å². The molecule has 0 fully saturated rings. The minimum atomic E-state index is -0.503. The van der Waals surface area contributed by atoms with Gasteiger partial charge in [0.25, 0.3) is 0 Å². The second kappa shape index (κ2) is 5.94. The van der Waals surface area contributed by atoms with Gasteiger partial charge in [0.05, 0.1) is 16.7 Å². The number of nitrogens with one attached hydrogen (secondary N) is 1. The maximum Gasteiger partial charge on any atom is 0.200 e. The highest BCUT2D eigenvalue weighted by molar-refractivity contribution is 6.32. The number of hydrogen-bond acceptors (Lipinski definition) is 6. The molecule has 0 saturated carbocycles. The second-order valence-corrected chi connectivity index (χ2v) is 7.09. The lowest BCUT2D eigenvalue weighted by molar-refractivity contribution is -0.121. The fraction of sp³-hybridized carbons (Fsp3) is 0.286. The lowest BCUT2D eigenvalue weighted by atomic mass is 9.75. The number of ketones is 3. The molecule has 0 heterocycles. The van der Waals surface area contributed by atoms with Gasteiger partial charge in [-0.1, -0.05) is 12.1 Å². The van der Waals surface area contributed by atoms with Gasteiger partial charge in [-0.15, -0.1) is 0 Å². The minimum Gasteiger partial charge on any atom is -0.507 e. The van der Waals surface area contributed by atoms with Crippen LogP contribution in [0.5, 0.6) is 11.5 Å². The highest BCUT2D eigenvalue weighted by Crippen LogP contribution is 2.47. The molecule has 3 N–H and O–H groups in total. The number of anilines is 1. The third kappa shape index (κ3) is 2.29. The molecule has 6 heteroatoms. The van der Waals surface area contributed by atoms with Gasteiger partial charge in [0, 0.05) is 35.3 Å². The number of phenolic OH excluding ortho intramolecular Hbond substituents is 2. The molecule has 0 unspecified atom stereocenters. The average Bonchev–Trinajstić information content (AvgIpc) is 2.67. The van der Waals surface area contributed by atoms with Gasteiger partial charge in [0.15, 0.2) is 11.6 Å². The van der Waals surface area contributed by atoms with Crippen molar-refractivity contribution in [3.63, 3.8) is 0 Å². The molecule has 2 aliphatic carbocycles. The van der Waals surface area contributed by atoms with Crippen molar-refractivity contribution in [3.05, 3.63) is 51.6 Å².